The van der Waals surface area contributed by atoms with Crippen LogP contribution in [0.25, 0.3) is 21.5 Å². The third kappa shape index (κ3) is 7.74. The normalized spacial score (nSPS) is 25.1. The predicted molar refractivity (Wildman–Crippen MR) is 257 cm³/mol. The van der Waals surface area contributed by atoms with Crippen molar-refractivity contribution in [3.63, 3.8) is 0 Å². The van der Waals surface area contributed by atoms with Crippen molar-refractivity contribution in [2.24, 2.45) is 0 Å². The molecule has 2 atom stereocenters. The third-order valence-electron chi connectivity index (χ3n) is 14.7. The van der Waals surface area contributed by atoms with Crippen molar-refractivity contribution >= 4 is 65.0 Å². The van der Waals surface area contributed by atoms with E-state index in [1.807, 2.05) is 25.1 Å². The van der Waals surface area contributed by atoms with E-state index >= 15 is 0 Å². The van der Waals surface area contributed by atoms with Gasteiger partial charge in [0.1, 0.15) is 11.4 Å². The van der Waals surface area contributed by atoms with Crippen LogP contribution >= 0.6 is 0 Å². The molecule has 1 N–H and O–H groups in total. The van der Waals surface area contributed by atoms with Gasteiger partial charge in [0.25, 0.3) is 0 Å². The summed E-state index contributed by atoms with van der Waals surface area (Å²) >= 11 is 0. The Bertz CT molecular complexity index is 3010. The van der Waals surface area contributed by atoms with Crippen LogP contribution in [-0.4, -0.2) is 104 Å². The Balaban J connectivity index is 1.16. The lowest BCUT2D eigenvalue weighted by molar-refractivity contribution is -0.537. The van der Waals surface area contributed by atoms with Gasteiger partial charge in [-0.2, -0.15) is 8.42 Å². The first-order valence-corrected chi connectivity index (χ1v) is 25.9. The molecule has 65 heavy (non-hydrogen) atoms. The van der Waals surface area contributed by atoms with Crippen LogP contribution in [0.3, 0.4) is 0 Å². The van der Waals surface area contributed by atoms with Gasteiger partial charge in [0.15, 0.2) is 13.1 Å². The van der Waals surface area contributed by atoms with Gasteiger partial charge in [0.2, 0.25) is 11.1 Å². The summed E-state index contributed by atoms with van der Waals surface area (Å²) in [5.74, 6) is -0.402. The maximum Gasteiger partial charge on any atom is 0.410 e. The highest BCUT2D eigenvalue weighted by Gasteiger charge is 2.66. The summed E-state index contributed by atoms with van der Waals surface area (Å²) in [5, 5.41) is 3.44. The monoisotopic (exact) mass is 919 g/mol. The highest BCUT2D eigenvalue weighted by Crippen LogP contribution is 2.60. The number of hydrogen-bond acceptors (Lipinski definition) is 8. The molecule has 1 saturated carbocycles. The summed E-state index contributed by atoms with van der Waals surface area (Å²) in [6.07, 6.45) is 11.1. The van der Waals surface area contributed by atoms with E-state index in [0.717, 1.165) is 79.6 Å². The van der Waals surface area contributed by atoms with Gasteiger partial charge in [-0.05, 0) is 104 Å². The number of quaternary nitrogens is 1. The maximum atomic E-state index is 13.2. The molecule has 1 aliphatic carbocycles. The minimum atomic E-state index is -4.41. The number of unbranched alkanes of at least 4 members (excludes halogenated alkanes) is 1. The van der Waals surface area contributed by atoms with Crippen molar-refractivity contribution in [1.82, 2.24) is 9.38 Å². The number of fused-ring (bicyclic) bond motifs is 7. The van der Waals surface area contributed by atoms with Gasteiger partial charge in [-0.3, -0.25) is 9.45 Å². The molecule has 14 heteroatoms. The Morgan fingerprint density at radius 1 is 0.831 bits per heavy atom. The lowest BCUT2D eigenvalue weighted by Gasteiger charge is -2.49. The topological polar surface area (TPSA) is 147 Å². The second-order valence-corrected chi connectivity index (χ2v) is 22.2. The molecule has 12 nitrogen and oxygen atoms in total. The van der Waals surface area contributed by atoms with Crippen molar-refractivity contribution in [3.8, 4) is 0 Å². The molecule has 2 unspecified atom stereocenters. The molecular formula is C51H59N4O8S2+. The summed E-state index contributed by atoms with van der Waals surface area (Å²) in [6.45, 7) is 14.2. The van der Waals surface area contributed by atoms with Crippen LogP contribution in [0, 0.1) is 0 Å². The van der Waals surface area contributed by atoms with Gasteiger partial charge in [-0.25, -0.2) is 22.3 Å². The fraction of sp³-hybridized carbons (Fsp3) is 0.412. The van der Waals surface area contributed by atoms with Gasteiger partial charge >= 0.3 is 16.2 Å². The van der Waals surface area contributed by atoms with E-state index in [1.54, 1.807) is 4.90 Å². The number of amides is 1. The number of nitrogens with zero attached hydrogens (tertiary/aromatic N) is 4. The minimum absolute atomic E-state index is 0.0685. The standard InChI is InChI=1S/C51H58N4O8S2/c1-6-63-49(56)53-31-29-52(30-32-53)48-37(21-25-43-50(2,3)46-39-15-9-7-13-35(39)19-23-41(46)54(43)28-11-12-34-64(57,58)59)17-18-38(48)22-26-44-51(4,5)47-40-16-10-8-14-36(40)20-24-42(47)55(44)33-27-45(55)65(60,61)62/h7-10,13-16,19-26,45H,6,11-12,17-18,27-34H2,1-5H3/p+1. The van der Waals surface area contributed by atoms with Crippen molar-refractivity contribution < 1.29 is 40.0 Å². The molecule has 2 saturated heterocycles. The van der Waals surface area contributed by atoms with Gasteiger partial charge in [0, 0.05) is 51.9 Å². The fourth-order valence-corrected chi connectivity index (χ4v) is 13.5. The Labute approximate surface area is 383 Å². The van der Waals surface area contributed by atoms with Crippen molar-refractivity contribution in [3.05, 3.63) is 131 Å². The second kappa shape index (κ2) is 16.6. The zero-order chi connectivity index (χ0) is 46.1. The highest BCUT2D eigenvalue weighted by atomic mass is 32.2. The third-order valence-corrected chi connectivity index (χ3v) is 16.7. The van der Waals surface area contributed by atoms with Crippen LogP contribution in [0.4, 0.5) is 16.2 Å². The molecule has 3 fully saturated rings. The summed E-state index contributed by atoms with van der Waals surface area (Å²) < 4.78 is 79.5. The first-order chi connectivity index (χ1) is 30.9. The average Bonchev–Trinajstić information content (AvgIpc) is 3.82. The van der Waals surface area contributed by atoms with Gasteiger partial charge in [-0.1, -0.05) is 74.5 Å². The van der Waals surface area contributed by atoms with E-state index in [4.69, 9.17) is 4.74 Å². The summed E-state index contributed by atoms with van der Waals surface area (Å²) in [7, 11) is -8.74. The number of piperazine rings is 1. The highest BCUT2D eigenvalue weighted by molar-refractivity contribution is 7.86. The SMILES string of the molecule is CCOC(=O)N1CC[N+](=C2C(=CC=C3N(CCCCS(=O)(=O)[O-])c4ccc5ccccc5c4C3(C)C)CCC2=CC=C2C(C)(C)c3c(ccc4ccccc34)[N+]23CCC3S(=O)(=O)O)CC1. The number of allylic oxidation sites excluding steroid dienone is 8. The number of rotatable bonds is 9. The number of benzene rings is 4. The van der Waals surface area contributed by atoms with Crippen molar-refractivity contribution in [1.29, 1.82) is 0 Å². The van der Waals surface area contributed by atoms with E-state index in [-0.39, 0.29) is 17.0 Å². The molecule has 4 aromatic carbocycles. The molecule has 342 valence electrons. The van der Waals surface area contributed by atoms with Gasteiger partial charge < -0.3 is 14.2 Å². The maximum absolute atomic E-state index is 13.2. The lowest BCUT2D eigenvalue weighted by atomic mass is 9.80. The molecule has 5 aliphatic rings. The molecular weight excluding hydrogens is 861 g/mol. The lowest BCUT2D eigenvalue weighted by Crippen LogP contribution is -2.68. The van der Waals surface area contributed by atoms with Crippen LogP contribution in [0.5, 0.6) is 0 Å². The Kier molecular flexibility index (Phi) is 11.5. The van der Waals surface area contributed by atoms with Gasteiger partial charge in [0.05, 0.1) is 48.2 Å². The smallest absolute Gasteiger partial charge is 0.410 e. The van der Waals surface area contributed by atoms with Crippen LogP contribution in [0.2, 0.25) is 0 Å². The molecule has 4 heterocycles. The summed E-state index contributed by atoms with van der Waals surface area (Å²) in [5.41, 5.74) is 8.62. The molecule has 4 aromatic rings. The van der Waals surface area contributed by atoms with Crippen LogP contribution in [-0.2, 0) is 35.8 Å². The van der Waals surface area contributed by atoms with E-state index in [2.05, 4.69) is 116 Å². The first kappa shape index (κ1) is 45.1. The number of ether oxygens (including phenoxy) is 1. The van der Waals surface area contributed by atoms with E-state index in [9.17, 15) is 30.7 Å². The summed E-state index contributed by atoms with van der Waals surface area (Å²) in [4.78, 5) is 16.9. The minimum Gasteiger partial charge on any atom is -0.748 e. The van der Waals surface area contributed by atoms with Crippen LogP contribution in [0.1, 0.15) is 77.8 Å². The average molecular weight is 920 g/mol. The van der Waals surface area contributed by atoms with Gasteiger partial charge in [-0.15, -0.1) is 0 Å². The number of carbonyl (C=O) groups is 1. The fourth-order valence-electron chi connectivity index (χ4n) is 11.7. The number of carbonyl (C=O) groups excluding carboxylic acids is 1. The summed E-state index contributed by atoms with van der Waals surface area (Å²) in [6, 6.07) is 25.0. The Hall–Kier alpha value is -5.12. The molecule has 1 amide bonds. The molecule has 1 spiro atoms. The van der Waals surface area contributed by atoms with E-state index < -0.39 is 42.2 Å². The molecule has 0 radical (unpaired) electrons. The Morgan fingerprint density at radius 3 is 2.05 bits per heavy atom. The van der Waals surface area contributed by atoms with Crippen molar-refractivity contribution in [2.45, 2.75) is 82.9 Å². The molecule has 4 aliphatic heterocycles. The van der Waals surface area contributed by atoms with E-state index in [0.29, 0.717) is 58.7 Å². The number of anilines is 1. The largest absolute Gasteiger partial charge is 0.748 e. The molecule has 9 rings (SSSR count). The zero-order valence-electron chi connectivity index (χ0n) is 37.9. The van der Waals surface area contributed by atoms with Crippen LogP contribution in [0.15, 0.2) is 120 Å². The first-order valence-electron chi connectivity index (χ1n) is 22.9. The molecule has 0 bridgehead atoms. The van der Waals surface area contributed by atoms with Crippen LogP contribution < -0.4 is 9.38 Å². The second-order valence-electron chi connectivity index (χ2n) is 19.1. The number of hydrogen-bond donors (Lipinski definition) is 1. The zero-order valence-corrected chi connectivity index (χ0v) is 39.6. The molecule has 0 aromatic heterocycles. The Morgan fingerprint density at radius 2 is 1.45 bits per heavy atom. The van der Waals surface area contributed by atoms with Crippen molar-refractivity contribution in [2.75, 3.05) is 56.5 Å². The quantitative estimate of drug-likeness (QED) is 0.0754. The predicted octanol–water partition coefficient (Wildman–Crippen LogP) is 8.67. The van der Waals surface area contributed by atoms with E-state index in [1.165, 1.54) is 5.56 Å².